The van der Waals surface area contributed by atoms with Crippen LogP contribution in [0.3, 0.4) is 0 Å². The van der Waals surface area contributed by atoms with Gasteiger partial charge in [0.05, 0.1) is 12.2 Å². The Hall–Kier alpha value is -1.98. The minimum absolute atomic E-state index is 0.145. The lowest BCUT2D eigenvalue weighted by molar-refractivity contribution is 0.0758. The van der Waals surface area contributed by atoms with Crippen LogP contribution in [-0.2, 0) is 0 Å². The van der Waals surface area contributed by atoms with Crippen LogP contribution in [0.4, 0.5) is 5.69 Å². The summed E-state index contributed by atoms with van der Waals surface area (Å²) in [5.41, 5.74) is 4.57. The minimum Gasteiger partial charge on any atom is -0.367 e. The maximum Gasteiger partial charge on any atom is 0.257 e. The highest BCUT2D eigenvalue weighted by Gasteiger charge is 2.25. The molecule has 2 aromatic rings. The van der Waals surface area contributed by atoms with Gasteiger partial charge in [-0.05, 0) is 67.8 Å². The summed E-state index contributed by atoms with van der Waals surface area (Å²) in [5, 5.41) is 3.41. The Kier molecular flexibility index (Phi) is 5.93. The molecule has 2 heterocycles. The summed E-state index contributed by atoms with van der Waals surface area (Å²) in [6.45, 7) is 7.84. The monoisotopic (exact) mass is 395 g/mol. The zero-order valence-electron chi connectivity index (χ0n) is 16.8. The van der Waals surface area contributed by atoms with E-state index in [4.69, 9.17) is 0 Å². The van der Waals surface area contributed by atoms with Crippen molar-refractivity contribution in [3.63, 3.8) is 0 Å². The van der Waals surface area contributed by atoms with Crippen LogP contribution in [0, 0.1) is 6.92 Å². The smallest absolute Gasteiger partial charge is 0.257 e. The first-order valence-electron chi connectivity index (χ1n) is 10.3. The molecule has 0 radical (unpaired) electrons. The number of benzene rings is 2. The van der Waals surface area contributed by atoms with Crippen LogP contribution in [-0.4, -0.2) is 41.4 Å². The van der Waals surface area contributed by atoms with Crippen molar-refractivity contribution in [3.8, 4) is 0 Å². The third kappa shape index (κ3) is 4.20. The van der Waals surface area contributed by atoms with Gasteiger partial charge in [0, 0.05) is 30.2 Å². The van der Waals surface area contributed by atoms with Crippen molar-refractivity contribution in [2.45, 2.75) is 43.9 Å². The van der Waals surface area contributed by atoms with Gasteiger partial charge < -0.3 is 10.2 Å². The number of anilines is 1. The number of hydrogen-bond acceptors (Lipinski definition) is 4. The Morgan fingerprint density at radius 2 is 1.86 bits per heavy atom. The van der Waals surface area contributed by atoms with Gasteiger partial charge in [-0.2, -0.15) is 0 Å². The molecule has 148 valence electrons. The average molecular weight is 396 g/mol. The lowest BCUT2D eigenvalue weighted by Crippen LogP contribution is -2.40. The summed E-state index contributed by atoms with van der Waals surface area (Å²) >= 11 is 1.82. The summed E-state index contributed by atoms with van der Waals surface area (Å²) in [5.74, 6) is 0.816. The first kappa shape index (κ1) is 19.3. The van der Waals surface area contributed by atoms with Crippen molar-refractivity contribution < 1.29 is 4.79 Å². The van der Waals surface area contributed by atoms with Gasteiger partial charge in [-0.25, -0.2) is 4.31 Å². The van der Waals surface area contributed by atoms with Crippen LogP contribution in [0.15, 0.2) is 47.4 Å². The van der Waals surface area contributed by atoms with Gasteiger partial charge in [0.15, 0.2) is 0 Å². The van der Waals surface area contributed by atoms with Gasteiger partial charge >= 0.3 is 0 Å². The maximum absolute atomic E-state index is 12.6. The molecule has 1 fully saturated rings. The topological polar surface area (TPSA) is 35.6 Å². The molecule has 2 aliphatic rings. The van der Waals surface area contributed by atoms with E-state index in [0.29, 0.717) is 12.6 Å². The fourth-order valence-corrected chi connectivity index (χ4v) is 5.05. The second-order valence-corrected chi connectivity index (χ2v) is 8.99. The zero-order chi connectivity index (χ0) is 19.5. The average Bonchev–Trinajstić information content (AvgIpc) is 2.71. The predicted molar refractivity (Wildman–Crippen MR) is 117 cm³/mol. The third-order valence-electron chi connectivity index (χ3n) is 5.70. The molecule has 4 nitrogen and oxygen atoms in total. The molecule has 2 aliphatic heterocycles. The van der Waals surface area contributed by atoms with Gasteiger partial charge in [-0.1, -0.05) is 36.8 Å². The number of carbonyl (C=O) groups excluding carboxylic acids is 1. The molecule has 0 aliphatic carbocycles. The predicted octanol–water partition coefficient (Wildman–Crippen LogP) is 5.12. The highest BCUT2D eigenvalue weighted by Crippen LogP contribution is 2.35. The van der Waals surface area contributed by atoms with E-state index in [9.17, 15) is 4.79 Å². The van der Waals surface area contributed by atoms with Crippen LogP contribution in [0.5, 0.6) is 0 Å². The van der Waals surface area contributed by atoms with E-state index >= 15 is 0 Å². The number of carbonyl (C=O) groups is 1. The van der Waals surface area contributed by atoms with Gasteiger partial charge in [0.2, 0.25) is 0 Å². The summed E-state index contributed by atoms with van der Waals surface area (Å²) in [6, 6.07) is 15.2. The second-order valence-electron chi connectivity index (χ2n) is 7.82. The normalized spacial score (nSPS) is 18.1. The first-order chi connectivity index (χ1) is 13.6. The fraction of sp³-hybridized carbons (Fsp3) is 0.435. The van der Waals surface area contributed by atoms with E-state index in [0.717, 1.165) is 37.3 Å². The van der Waals surface area contributed by atoms with Gasteiger partial charge in [0.1, 0.15) is 0 Å². The van der Waals surface area contributed by atoms with Crippen molar-refractivity contribution in [2.24, 2.45) is 0 Å². The molecule has 1 saturated heterocycles. The zero-order valence-corrected chi connectivity index (χ0v) is 17.6. The van der Waals surface area contributed by atoms with Gasteiger partial charge in [0.25, 0.3) is 5.91 Å². The highest BCUT2D eigenvalue weighted by molar-refractivity contribution is 7.97. The molecule has 5 heteroatoms. The number of aryl methyl sites for hydroxylation is 1. The SMILES string of the molecule is CCCN1CNc2cc(SN3CCC(c4ccc(C)cc4)CC3)ccc2C1=O. The number of piperidine rings is 1. The molecular formula is C23H29N3OS. The van der Waals surface area contributed by atoms with E-state index in [1.54, 1.807) is 0 Å². The van der Waals surface area contributed by atoms with Crippen molar-refractivity contribution in [1.29, 1.82) is 0 Å². The van der Waals surface area contributed by atoms with Crippen molar-refractivity contribution >= 4 is 23.5 Å². The van der Waals surface area contributed by atoms with Crippen LogP contribution in [0.1, 0.15) is 53.6 Å². The van der Waals surface area contributed by atoms with Crippen molar-refractivity contribution in [2.75, 3.05) is 31.6 Å². The molecule has 28 heavy (non-hydrogen) atoms. The molecule has 1 N–H and O–H groups in total. The molecule has 2 aromatic carbocycles. The molecule has 0 bridgehead atoms. The molecule has 0 aromatic heterocycles. The number of nitrogens with one attached hydrogen (secondary N) is 1. The molecule has 4 rings (SSSR count). The summed E-state index contributed by atoms with van der Waals surface area (Å²) in [6.07, 6.45) is 3.38. The molecule has 0 saturated carbocycles. The van der Waals surface area contributed by atoms with Crippen molar-refractivity contribution in [1.82, 2.24) is 9.21 Å². The van der Waals surface area contributed by atoms with Crippen LogP contribution in [0.2, 0.25) is 0 Å². The number of amides is 1. The molecule has 1 amide bonds. The second kappa shape index (κ2) is 8.58. The maximum atomic E-state index is 12.6. The quantitative estimate of drug-likeness (QED) is 0.713. The highest BCUT2D eigenvalue weighted by atomic mass is 32.2. The van der Waals surface area contributed by atoms with Gasteiger partial charge in [-0.3, -0.25) is 4.79 Å². The number of nitrogens with zero attached hydrogens (tertiary/aromatic N) is 2. The molecule has 0 spiro atoms. The van der Waals surface area contributed by atoms with E-state index < -0.39 is 0 Å². The number of hydrogen-bond donors (Lipinski definition) is 1. The van der Waals surface area contributed by atoms with Gasteiger partial charge in [-0.15, -0.1) is 0 Å². The third-order valence-corrected chi connectivity index (χ3v) is 6.79. The van der Waals surface area contributed by atoms with Crippen molar-refractivity contribution in [3.05, 3.63) is 59.2 Å². The van der Waals surface area contributed by atoms with E-state index in [2.05, 4.69) is 59.9 Å². The van der Waals surface area contributed by atoms with E-state index in [1.807, 2.05) is 22.9 Å². The largest absolute Gasteiger partial charge is 0.367 e. The standard InChI is InChI=1S/C23H29N3OS/c1-3-12-25-16-24-22-15-20(8-9-21(22)23(25)27)28-26-13-10-19(11-14-26)18-6-4-17(2)5-7-18/h4-9,15,19,24H,3,10-14,16H2,1-2H3. The molecule has 0 atom stereocenters. The first-order valence-corrected chi connectivity index (χ1v) is 11.1. The Morgan fingerprint density at radius 1 is 1.11 bits per heavy atom. The van der Waals surface area contributed by atoms with E-state index in [1.165, 1.54) is 28.9 Å². The number of rotatable bonds is 5. The number of fused-ring (bicyclic) bond motifs is 1. The Bertz CT molecular complexity index is 828. The summed E-state index contributed by atoms with van der Waals surface area (Å²) in [4.78, 5) is 15.7. The van der Waals surface area contributed by atoms with E-state index in [-0.39, 0.29) is 5.91 Å². The summed E-state index contributed by atoms with van der Waals surface area (Å²) < 4.78 is 2.46. The fourth-order valence-electron chi connectivity index (χ4n) is 4.05. The lowest BCUT2D eigenvalue weighted by Gasteiger charge is -2.32. The Balaban J connectivity index is 1.36. The Morgan fingerprint density at radius 3 is 2.57 bits per heavy atom. The Labute approximate surface area is 172 Å². The van der Waals surface area contributed by atoms with Crippen LogP contribution >= 0.6 is 11.9 Å². The summed E-state index contributed by atoms with van der Waals surface area (Å²) in [7, 11) is 0. The molecule has 0 unspecified atom stereocenters. The lowest BCUT2D eigenvalue weighted by atomic mass is 9.90. The van der Waals surface area contributed by atoms with Crippen LogP contribution in [0.25, 0.3) is 0 Å². The minimum atomic E-state index is 0.145. The van der Waals surface area contributed by atoms with Crippen LogP contribution < -0.4 is 5.32 Å². The molecular weight excluding hydrogens is 366 g/mol.